The highest BCUT2D eigenvalue weighted by atomic mass is 19.1. The minimum absolute atomic E-state index is 0.0752. The molecule has 7 nitrogen and oxygen atoms in total. The Kier molecular flexibility index (Phi) is 4.52. The van der Waals surface area contributed by atoms with Gasteiger partial charge in [0.2, 0.25) is 0 Å². The van der Waals surface area contributed by atoms with E-state index in [1.165, 1.54) is 12.1 Å². The smallest absolute Gasteiger partial charge is 0.253 e. The molecule has 0 saturated carbocycles. The van der Waals surface area contributed by atoms with E-state index in [-0.39, 0.29) is 24.9 Å². The third-order valence-corrected chi connectivity index (χ3v) is 4.59. The fourth-order valence-corrected chi connectivity index (χ4v) is 3.33. The maximum absolute atomic E-state index is 13.6. The number of carbonyl (C=O) groups is 1. The first-order chi connectivity index (χ1) is 12.7. The van der Waals surface area contributed by atoms with Gasteiger partial charge in [0, 0.05) is 24.6 Å². The van der Waals surface area contributed by atoms with Crippen LogP contribution < -0.4 is 9.80 Å². The largest absolute Gasteiger partial charge is 0.376 e. The number of rotatable bonds is 2. The fraction of sp³-hybridized carbons (Fsp3) is 0.389. The van der Waals surface area contributed by atoms with Crippen LogP contribution >= 0.6 is 0 Å². The minimum Gasteiger partial charge on any atom is -0.376 e. The van der Waals surface area contributed by atoms with Gasteiger partial charge in [0.25, 0.3) is 5.91 Å². The molecule has 1 amide bonds. The molecule has 2 saturated heterocycles. The van der Waals surface area contributed by atoms with E-state index in [1.807, 2.05) is 4.90 Å². The number of aromatic nitrogens is 2. The van der Waals surface area contributed by atoms with Crippen molar-refractivity contribution >= 4 is 17.4 Å². The van der Waals surface area contributed by atoms with Crippen LogP contribution in [0.5, 0.6) is 0 Å². The number of anilines is 2. The summed E-state index contributed by atoms with van der Waals surface area (Å²) in [6, 6.07) is 6.03. The number of amides is 1. The van der Waals surface area contributed by atoms with E-state index in [0.717, 1.165) is 5.82 Å². The summed E-state index contributed by atoms with van der Waals surface area (Å²) in [7, 11) is 0. The van der Waals surface area contributed by atoms with E-state index < -0.39 is 5.60 Å². The number of benzene rings is 1. The SMILES string of the molecule is O=C1CO[C@]2(COCCN(c3cnccn3)C2)CN1c1cccc(F)c1. The number of nitrogens with zero attached hydrogens (tertiary/aromatic N) is 4. The van der Waals surface area contributed by atoms with Gasteiger partial charge in [0.15, 0.2) is 0 Å². The van der Waals surface area contributed by atoms with Crippen molar-refractivity contribution in [2.75, 3.05) is 49.3 Å². The van der Waals surface area contributed by atoms with E-state index in [2.05, 4.69) is 9.97 Å². The van der Waals surface area contributed by atoms with Crippen molar-refractivity contribution in [3.63, 3.8) is 0 Å². The van der Waals surface area contributed by atoms with Gasteiger partial charge in [-0.3, -0.25) is 9.78 Å². The van der Waals surface area contributed by atoms with Crippen molar-refractivity contribution in [1.82, 2.24) is 9.97 Å². The molecule has 3 heterocycles. The van der Waals surface area contributed by atoms with Crippen LogP contribution in [0.3, 0.4) is 0 Å². The van der Waals surface area contributed by atoms with Gasteiger partial charge in [-0.1, -0.05) is 6.07 Å². The van der Waals surface area contributed by atoms with Crippen LogP contribution in [0.15, 0.2) is 42.9 Å². The standard InChI is InChI=1S/C18H19FN4O3/c19-14-2-1-3-15(8-14)23-12-18(26-10-17(23)24)11-22(6-7-25-13-18)16-9-20-4-5-21-16/h1-5,8-9H,6-7,10-13H2/t18-/m0/s1. The van der Waals surface area contributed by atoms with Crippen LogP contribution in [0.2, 0.25) is 0 Å². The van der Waals surface area contributed by atoms with Crippen LogP contribution in [-0.2, 0) is 14.3 Å². The van der Waals surface area contributed by atoms with Gasteiger partial charge in [-0.15, -0.1) is 0 Å². The Labute approximate surface area is 150 Å². The normalized spacial score (nSPS) is 24.0. The molecule has 1 atom stereocenters. The predicted octanol–water partition coefficient (Wildman–Crippen LogP) is 1.25. The molecule has 8 heteroatoms. The minimum atomic E-state index is -0.714. The van der Waals surface area contributed by atoms with Gasteiger partial charge in [-0.25, -0.2) is 9.37 Å². The second-order valence-electron chi connectivity index (χ2n) is 6.47. The summed E-state index contributed by atoms with van der Waals surface area (Å²) in [5, 5.41) is 0. The topological polar surface area (TPSA) is 67.8 Å². The zero-order valence-corrected chi connectivity index (χ0v) is 14.2. The van der Waals surface area contributed by atoms with Gasteiger partial charge in [-0.2, -0.15) is 0 Å². The molecule has 0 unspecified atom stereocenters. The zero-order chi connectivity index (χ0) is 18.0. The fourth-order valence-electron chi connectivity index (χ4n) is 3.33. The summed E-state index contributed by atoms with van der Waals surface area (Å²) < 4.78 is 25.3. The van der Waals surface area contributed by atoms with Gasteiger partial charge in [0.1, 0.15) is 23.8 Å². The molecule has 0 aliphatic carbocycles. The second kappa shape index (κ2) is 6.97. The van der Waals surface area contributed by atoms with E-state index >= 15 is 0 Å². The summed E-state index contributed by atoms with van der Waals surface area (Å²) >= 11 is 0. The van der Waals surface area contributed by atoms with Crippen LogP contribution in [-0.4, -0.2) is 60.9 Å². The molecule has 1 spiro atoms. The van der Waals surface area contributed by atoms with Crippen LogP contribution in [0.1, 0.15) is 0 Å². The first-order valence-corrected chi connectivity index (χ1v) is 8.44. The van der Waals surface area contributed by atoms with E-state index in [4.69, 9.17) is 9.47 Å². The lowest BCUT2D eigenvalue weighted by Crippen LogP contribution is -2.61. The maximum atomic E-state index is 13.6. The summed E-state index contributed by atoms with van der Waals surface area (Å²) in [5.74, 6) is 0.154. The number of morpholine rings is 1. The number of carbonyl (C=O) groups excluding carboxylic acids is 1. The monoisotopic (exact) mass is 358 g/mol. The van der Waals surface area contributed by atoms with E-state index in [9.17, 15) is 9.18 Å². The summed E-state index contributed by atoms with van der Waals surface area (Å²) in [5.41, 5.74) is -0.193. The zero-order valence-electron chi connectivity index (χ0n) is 14.2. The highest BCUT2D eigenvalue weighted by Crippen LogP contribution is 2.28. The Hall–Kier alpha value is -2.58. The average Bonchev–Trinajstić information content (AvgIpc) is 2.87. The van der Waals surface area contributed by atoms with Gasteiger partial charge in [0.05, 0.1) is 32.5 Å². The number of hydrogen-bond acceptors (Lipinski definition) is 6. The number of hydrogen-bond donors (Lipinski definition) is 0. The molecule has 1 aromatic heterocycles. The molecule has 4 rings (SSSR count). The molecule has 2 aliphatic rings. The van der Waals surface area contributed by atoms with Crippen LogP contribution in [0.4, 0.5) is 15.9 Å². The van der Waals surface area contributed by atoms with Gasteiger partial charge >= 0.3 is 0 Å². The van der Waals surface area contributed by atoms with E-state index in [0.29, 0.717) is 32.0 Å². The maximum Gasteiger partial charge on any atom is 0.253 e. The lowest BCUT2D eigenvalue weighted by Gasteiger charge is -2.43. The molecule has 0 N–H and O–H groups in total. The third-order valence-electron chi connectivity index (χ3n) is 4.59. The highest BCUT2D eigenvalue weighted by molar-refractivity contribution is 5.95. The molecule has 136 valence electrons. The Morgan fingerprint density at radius 2 is 2.15 bits per heavy atom. The predicted molar refractivity (Wildman–Crippen MR) is 92.5 cm³/mol. The Bertz CT molecular complexity index is 791. The van der Waals surface area contributed by atoms with Crippen LogP contribution in [0.25, 0.3) is 0 Å². The van der Waals surface area contributed by atoms with Crippen molar-refractivity contribution in [3.8, 4) is 0 Å². The molecule has 26 heavy (non-hydrogen) atoms. The van der Waals surface area contributed by atoms with Crippen molar-refractivity contribution in [2.45, 2.75) is 5.60 Å². The molecule has 2 fully saturated rings. The van der Waals surface area contributed by atoms with E-state index in [1.54, 1.807) is 35.6 Å². The molecule has 2 aromatic rings. The molecule has 0 radical (unpaired) electrons. The molecular weight excluding hydrogens is 339 g/mol. The second-order valence-corrected chi connectivity index (χ2v) is 6.47. The molecule has 2 aliphatic heterocycles. The lowest BCUT2D eigenvalue weighted by atomic mass is 10.0. The average molecular weight is 358 g/mol. The molecular formula is C18H19FN4O3. The van der Waals surface area contributed by atoms with Crippen molar-refractivity contribution < 1.29 is 18.7 Å². The van der Waals surface area contributed by atoms with Crippen LogP contribution in [0, 0.1) is 5.82 Å². The lowest BCUT2D eigenvalue weighted by molar-refractivity contribution is -0.143. The van der Waals surface area contributed by atoms with Crippen molar-refractivity contribution in [1.29, 1.82) is 0 Å². The third kappa shape index (κ3) is 3.38. The first-order valence-electron chi connectivity index (χ1n) is 8.44. The Morgan fingerprint density at radius 3 is 2.96 bits per heavy atom. The quantitative estimate of drug-likeness (QED) is 0.805. The van der Waals surface area contributed by atoms with Crippen molar-refractivity contribution in [3.05, 3.63) is 48.7 Å². The Balaban J connectivity index is 1.61. The van der Waals surface area contributed by atoms with Gasteiger partial charge < -0.3 is 19.3 Å². The number of ether oxygens (including phenoxy) is 2. The first kappa shape index (κ1) is 16.9. The van der Waals surface area contributed by atoms with Gasteiger partial charge in [-0.05, 0) is 18.2 Å². The summed E-state index contributed by atoms with van der Waals surface area (Å²) in [6.07, 6.45) is 4.95. The molecule has 1 aromatic carbocycles. The Morgan fingerprint density at radius 1 is 1.23 bits per heavy atom. The molecule has 0 bridgehead atoms. The van der Waals surface area contributed by atoms with Crippen molar-refractivity contribution in [2.24, 2.45) is 0 Å². The summed E-state index contributed by atoms with van der Waals surface area (Å²) in [4.78, 5) is 24.4. The number of halogens is 1. The summed E-state index contributed by atoms with van der Waals surface area (Å²) in [6.45, 7) is 2.24. The highest BCUT2D eigenvalue weighted by Gasteiger charge is 2.43.